The molecule has 0 aliphatic carbocycles. The van der Waals surface area contributed by atoms with Crippen LogP contribution in [0, 0.1) is 11.6 Å². The number of nitrogens with one attached hydrogen (secondary N) is 1. The highest BCUT2D eigenvalue weighted by Gasteiger charge is 2.10. The number of nitrogens with zero attached hydrogens (tertiary/aromatic N) is 3. The first-order chi connectivity index (χ1) is 10.7. The van der Waals surface area contributed by atoms with Crippen LogP contribution in [-0.2, 0) is 0 Å². The maximum Gasteiger partial charge on any atom is 0.203 e. The first kappa shape index (κ1) is 14.3. The average Bonchev–Trinajstić information content (AvgIpc) is 2.97. The monoisotopic (exact) mass is 316 g/mol. The van der Waals surface area contributed by atoms with Crippen molar-refractivity contribution in [1.82, 2.24) is 9.97 Å². The number of anilines is 1. The van der Waals surface area contributed by atoms with E-state index in [9.17, 15) is 8.78 Å². The quantitative estimate of drug-likeness (QED) is 0.586. The predicted octanol–water partition coefficient (Wildman–Crippen LogP) is 3.93. The Bertz CT molecular complexity index is 802. The largest absolute Gasteiger partial charge is 0.265 e. The van der Waals surface area contributed by atoms with Crippen molar-refractivity contribution in [2.45, 2.75) is 0 Å². The Labute approximate surface area is 129 Å². The lowest BCUT2D eigenvalue weighted by Crippen LogP contribution is -1.91. The summed E-state index contributed by atoms with van der Waals surface area (Å²) in [6.07, 6.45) is 4.96. The molecule has 0 aliphatic heterocycles. The second kappa shape index (κ2) is 6.40. The molecule has 0 saturated carbocycles. The van der Waals surface area contributed by atoms with E-state index < -0.39 is 11.6 Å². The van der Waals surface area contributed by atoms with Crippen LogP contribution in [0.15, 0.2) is 53.2 Å². The van der Waals surface area contributed by atoms with Gasteiger partial charge in [-0.1, -0.05) is 0 Å². The third-order valence-corrected chi connectivity index (χ3v) is 3.54. The molecule has 110 valence electrons. The average molecular weight is 316 g/mol. The van der Waals surface area contributed by atoms with Gasteiger partial charge in [0.25, 0.3) is 0 Å². The lowest BCUT2D eigenvalue weighted by molar-refractivity contribution is 0.585. The molecule has 2 aromatic heterocycles. The van der Waals surface area contributed by atoms with E-state index in [0.29, 0.717) is 10.8 Å². The van der Waals surface area contributed by atoms with E-state index in [0.717, 1.165) is 11.6 Å². The van der Waals surface area contributed by atoms with Crippen molar-refractivity contribution in [2.24, 2.45) is 5.10 Å². The standard InChI is InChI=1S/C15H10F2N4S/c16-11-1-2-12(13(17)7-11)14-9-22-15(20-14)21-19-8-10-3-5-18-6-4-10/h1-9H,(H,20,21)/b19-8-. The fourth-order valence-corrected chi connectivity index (χ4v) is 2.42. The predicted molar refractivity (Wildman–Crippen MR) is 82.9 cm³/mol. The molecule has 0 fully saturated rings. The topological polar surface area (TPSA) is 50.2 Å². The number of rotatable bonds is 4. The van der Waals surface area contributed by atoms with Crippen molar-refractivity contribution >= 4 is 22.7 Å². The third kappa shape index (κ3) is 3.32. The maximum absolute atomic E-state index is 13.7. The Morgan fingerprint density at radius 1 is 1.14 bits per heavy atom. The lowest BCUT2D eigenvalue weighted by Gasteiger charge is -1.99. The number of hydrogen-bond donors (Lipinski definition) is 1. The molecule has 0 saturated heterocycles. The van der Waals surface area contributed by atoms with E-state index in [1.54, 1.807) is 24.0 Å². The molecule has 7 heteroatoms. The molecule has 4 nitrogen and oxygen atoms in total. The molecule has 0 radical (unpaired) electrons. The summed E-state index contributed by atoms with van der Waals surface area (Å²) >= 11 is 1.28. The van der Waals surface area contributed by atoms with Gasteiger partial charge in [-0.15, -0.1) is 11.3 Å². The maximum atomic E-state index is 13.7. The molecular weight excluding hydrogens is 306 g/mol. The van der Waals surface area contributed by atoms with Crippen LogP contribution in [0.1, 0.15) is 5.56 Å². The highest BCUT2D eigenvalue weighted by atomic mass is 32.1. The Hall–Kier alpha value is -2.67. The zero-order valence-corrected chi connectivity index (χ0v) is 12.0. The van der Waals surface area contributed by atoms with Gasteiger partial charge in [0.1, 0.15) is 11.6 Å². The summed E-state index contributed by atoms with van der Waals surface area (Å²) in [5, 5.41) is 6.25. The first-order valence-corrected chi connectivity index (χ1v) is 7.20. The van der Waals surface area contributed by atoms with Crippen LogP contribution >= 0.6 is 11.3 Å². The Kier molecular flexibility index (Phi) is 4.15. The van der Waals surface area contributed by atoms with Gasteiger partial charge in [-0.3, -0.25) is 10.4 Å². The molecule has 0 amide bonds. The van der Waals surface area contributed by atoms with Gasteiger partial charge < -0.3 is 0 Å². The second-order valence-corrected chi connectivity index (χ2v) is 5.17. The fraction of sp³-hybridized carbons (Fsp3) is 0. The highest BCUT2D eigenvalue weighted by Crippen LogP contribution is 2.27. The molecule has 2 heterocycles. The van der Waals surface area contributed by atoms with Gasteiger partial charge in [0.15, 0.2) is 0 Å². The van der Waals surface area contributed by atoms with Crippen molar-refractivity contribution in [3.05, 3.63) is 65.3 Å². The minimum atomic E-state index is -0.642. The number of benzene rings is 1. The molecule has 22 heavy (non-hydrogen) atoms. The highest BCUT2D eigenvalue weighted by molar-refractivity contribution is 7.14. The summed E-state index contributed by atoms with van der Waals surface area (Å²) in [5.74, 6) is -1.26. The van der Waals surface area contributed by atoms with Crippen molar-refractivity contribution in [2.75, 3.05) is 5.43 Å². The minimum Gasteiger partial charge on any atom is -0.265 e. The summed E-state index contributed by atoms with van der Waals surface area (Å²) < 4.78 is 26.6. The molecule has 0 bridgehead atoms. The van der Waals surface area contributed by atoms with Crippen molar-refractivity contribution in [3.63, 3.8) is 0 Å². The van der Waals surface area contributed by atoms with Crippen molar-refractivity contribution < 1.29 is 8.78 Å². The fourth-order valence-electron chi connectivity index (χ4n) is 1.76. The summed E-state index contributed by atoms with van der Waals surface area (Å²) in [5.41, 5.74) is 4.35. The van der Waals surface area contributed by atoms with Crippen LogP contribution in [0.5, 0.6) is 0 Å². The number of hydrazone groups is 1. The molecule has 0 spiro atoms. The first-order valence-electron chi connectivity index (χ1n) is 6.32. The van der Waals surface area contributed by atoms with Crippen LogP contribution < -0.4 is 5.43 Å². The molecule has 3 rings (SSSR count). The summed E-state index contributed by atoms with van der Waals surface area (Å²) in [6, 6.07) is 7.03. The molecule has 0 aliphatic rings. The number of halogens is 2. The Morgan fingerprint density at radius 2 is 1.95 bits per heavy atom. The second-order valence-electron chi connectivity index (χ2n) is 4.31. The number of thiazole rings is 1. The van der Waals surface area contributed by atoms with Gasteiger partial charge in [0, 0.05) is 29.4 Å². The number of pyridine rings is 1. The van der Waals surface area contributed by atoms with Crippen LogP contribution in [0.2, 0.25) is 0 Å². The SMILES string of the molecule is Fc1ccc(-c2csc(N/N=C\c3ccncc3)n2)c(F)c1. The van der Waals surface area contributed by atoms with Gasteiger partial charge >= 0.3 is 0 Å². The third-order valence-electron chi connectivity index (χ3n) is 2.79. The smallest absolute Gasteiger partial charge is 0.203 e. The van der Waals surface area contributed by atoms with Crippen LogP contribution in [0.25, 0.3) is 11.3 Å². The van der Waals surface area contributed by atoms with Gasteiger partial charge in [-0.05, 0) is 29.8 Å². The molecular formula is C15H10F2N4S. The van der Waals surface area contributed by atoms with Crippen LogP contribution in [0.4, 0.5) is 13.9 Å². The van der Waals surface area contributed by atoms with E-state index in [1.807, 2.05) is 12.1 Å². The molecule has 1 aromatic carbocycles. The zero-order chi connectivity index (χ0) is 15.4. The van der Waals surface area contributed by atoms with E-state index >= 15 is 0 Å². The van der Waals surface area contributed by atoms with Crippen molar-refractivity contribution in [1.29, 1.82) is 0 Å². The lowest BCUT2D eigenvalue weighted by atomic mass is 10.1. The van der Waals surface area contributed by atoms with E-state index in [1.165, 1.54) is 23.5 Å². The Morgan fingerprint density at radius 3 is 2.73 bits per heavy atom. The summed E-state index contributed by atoms with van der Waals surface area (Å²) in [4.78, 5) is 8.13. The number of aromatic nitrogens is 2. The molecule has 1 N–H and O–H groups in total. The molecule has 3 aromatic rings. The van der Waals surface area contributed by atoms with Crippen LogP contribution in [-0.4, -0.2) is 16.2 Å². The van der Waals surface area contributed by atoms with Crippen molar-refractivity contribution in [3.8, 4) is 11.3 Å². The summed E-state index contributed by atoms with van der Waals surface area (Å²) in [6.45, 7) is 0. The van der Waals surface area contributed by atoms with Gasteiger partial charge in [-0.2, -0.15) is 5.10 Å². The van der Waals surface area contributed by atoms with E-state index in [-0.39, 0.29) is 5.56 Å². The minimum absolute atomic E-state index is 0.254. The molecule has 0 unspecified atom stereocenters. The van der Waals surface area contributed by atoms with E-state index in [4.69, 9.17) is 0 Å². The van der Waals surface area contributed by atoms with Gasteiger partial charge in [0.05, 0.1) is 11.9 Å². The molecule has 0 atom stereocenters. The van der Waals surface area contributed by atoms with Crippen LogP contribution in [0.3, 0.4) is 0 Å². The van der Waals surface area contributed by atoms with Gasteiger partial charge in [-0.25, -0.2) is 13.8 Å². The summed E-state index contributed by atoms with van der Waals surface area (Å²) in [7, 11) is 0. The zero-order valence-electron chi connectivity index (χ0n) is 11.2. The number of hydrogen-bond acceptors (Lipinski definition) is 5. The van der Waals surface area contributed by atoms with E-state index in [2.05, 4.69) is 20.5 Å². The van der Waals surface area contributed by atoms with Gasteiger partial charge in [0.2, 0.25) is 5.13 Å². The Balaban J connectivity index is 1.73. The normalized spacial score (nSPS) is 11.0.